The lowest BCUT2D eigenvalue weighted by molar-refractivity contribution is -0.0720. The smallest absolute Gasteiger partial charge is 0.142 e. The van der Waals surface area contributed by atoms with Crippen molar-refractivity contribution in [1.82, 2.24) is 0 Å². The molecule has 1 aromatic rings. The van der Waals surface area contributed by atoms with Crippen molar-refractivity contribution in [3.8, 4) is 5.75 Å². The summed E-state index contributed by atoms with van der Waals surface area (Å²) < 4.78 is 12.8. The van der Waals surface area contributed by atoms with Gasteiger partial charge < -0.3 is 15.2 Å². The second kappa shape index (κ2) is 5.44. The molecule has 2 unspecified atom stereocenters. The van der Waals surface area contributed by atoms with Crippen LogP contribution in [0.1, 0.15) is 26.7 Å². The molecular weight excluding hydrogens is 329 g/mol. The minimum atomic E-state index is 0.205. The molecule has 17 heavy (non-hydrogen) atoms. The van der Waals surface area contributed by atoms with Gasteiger partial charge in [-0.05, 0) is 54.6 Å². The lowest BCUT2D eigenvalue weighted by atomic mass is 10.0. The van der Waals surface area contributed by atoms with E-state index in [-0.39, 0.29) is 18.3 Å². The van der Waals surface area contributed by atoms with Crippen molar-refractivity contribution in [1.29, 1.82) is 0 Å². The standard InChI is InChI=1S/C13H18INO2/c1-8-5-11(6-9(2)16-8)17-13-4-3-10(14)7-12(13)15/h3-4,7-9,11H,5-6,15H2,1-2H3. The Hall–Kier alpha value is -0.490. The Balaban J connectivity index is 2.04. The molecule has 1 aliphatic heterocycles. The van der Waals surface area contributed by atoms with Gasteiger partial charge in [-0.1, -0.05) is 0 Å². The van der Waals surface area contributed by atoms with Crippen LogP contribution in [0.3, 0.4) is 0 Å². The van der Waals surface area contributed by atoms with E-state index >= 15 is 0 Å². The first kappa shape index (κ1) is 13.0. The highest BCUT2D eigenvalue weighted by molar-refractivity contribution is 14.1. The zero-order chi connectivity index (χ0) is 12.4. The summed E-state index contributed by atoms with van der Waals surface area (Å²) in [4.78, 5) is 0. The molecule has 2 atom stereocenters. The van der Waals surface area contributed by atoms with E-state index < -0.39 is 0 Å². The van der Waals surface area contributed by atoms with Gasteiger partial charge >= 0.3 is 0 Å². The molecule has 94 valence electrons. The fraction of sp³-hybridized carbons (Fsp3) is 0.538. The molecule has 0 saturated carbocycles. The van der Waals surface area contributed by atoms with Crippen molar-refractivity contribution in [2.75, 3.05) is 5.73 Å². The topological polar surface area (TPSA) is 44.5 Å². The van der Waals surface area contributed by atoms with Crippen LogP contribution >= 0.6 is 22.6 Å². The fourth-order valence-electron chi connectivity index (χ4n) is 2.25. The van der Waals surface area contributed by atoms with Gasteiger partial charge in [0.05, 0.1) is 17.9 Å². The molecule has 1 heterocycles. The normalized spacial score (nSPS) is 29.0. The summed E-state index contributed by atoms with van der Waals surface area (Å²) in [6.07, 6.45) is 2.57. The number of rotatable bonds is 2. The van der Waals surface area contributed by atoms with Crippen LogP contribution in [-0.2, 0) is 4.74 Å². The Labute approximate surface area is 116 Å². The first-order valence-electron chi connectivity index (χ1n) is 5.91. The van der Waals surface area contributed by atoms with Gasteiger partial charge in [0, 0.05) is 16.4 Å². The van der Waals surface area contributed by atoms with Crippen LogP contribution < -0.4 is 10.5 Å². The van der Waals surface area contributed by atoms with E-state index in [9.17, 15) is 0 Å². The van der Waals surface area contributed by atoms with E-state index in [0.717, 1.165) is 22.2 Å². The van der Waals surface area contributed by atoms with Gasteiger partial charge in [0.25, 0.3) is 0 Å². The molecule has 2 N–H and O–H groups in total. The number of hydrogen-bond donors (Lipinski definition) is 1. The monoisotopic (exact) mass is 347 g/mol. The van der Waals surface area contributed by atoms with Crippen LogP contribution in [0.2, 0.25) is 0 Å². The third-order valence-corrected chi connectivity index (χ3v) is 3.59. The van der Waals surface area contributed by atoms with Crippen LogP contribution in [0.4, 0.5) is 5.69 Å². The number of nitrogens with two attached hydrogens (primary N) is 1. The SMILES string of the molecule is CC1CC(Oc2ccc(I)cc2N)CC(C)O1. The largest absolute Gasteiger partial charge is 0.488 e. The third kappa shape index (κ3) is 3.48. The fourth-order valence-corrected chi connectivity index (χ4v) is 2.76. The molecule has 0 radical (unpaired) electrons. The van der Waals surface area contributed by atoms with Crippen LogP contribution in [-0.4, -0.2) is 18.3 Å². The van der Waals surface area contributed by atoms with Gasteiger partial charge in [0.2, 0.25) is 0 Å². The summed E-state index contributed by atoms with van der Waals surface area (Å²) in [5, 5.41) is 0. The van der Waals surface area contributed by atoms with E-state index in [2.05, 4.69) is 36.4 Å². The summed E-state index contributed by atoms with van der Waals surface area (Å²) in [6.45, 7) is 4.17. The molecule has 1 saturated heterocycles. The average Bonchev–Trinajstić information content (AvgIpc) is 2.21. The van der Waals surface area contributed by atoms with Crippen LogP contribution in [0.25, 0.3) is 0 Å². The second-order valence-corrected chi connectivity index (χ2v) is 5.90. The first-order chi connectivity index (χ1) is 8.04. The molecular formula is C13H18INO2. The van der Waals surface area contributed by atoms with Gasteiger partial charge in [-0.2, -0.15) is 0 Å². The lowest BCUT2D eigenvalue weighted by Gasteiger charge is -2.32. The molecule has 0 amide bonds. The number of halogens is 1. The molecule has 1 aromatic carbocycles. The average molecular weight is 347 g/mol. The highest BCUT2D eigenvalue weighted by Gasteiger charge is 2.26. The minimum Gasteiger partial charge on any atom is -0.488 e. The van der Waals surface area contributed by atoms with Gasteiger partial charge in [0.15, 0.2) is 0 Å². The maximum absolute atomic E-state index is 5.97. The zero-order valence-corrected chi connectivity index (χ0v) is 12.3. The number of ether oxygens (including phenoxy) is 2. The maximum atomic E-state index is 5.97. The van der Waals surface area contributed by atoms with Crippen LogP contribution in [0.5, 0.6) is 5.75 Å². The van der Waals surface area contributed by atoms with Gasteiger partial charge in [-0.3, -0.25) is 0 Å². The van der Waals surface area contributed by atoms with Gasteiger partial charge in [-0.25, -0.2) is 0 Å². The quantitative estimate of drug-likeness (QED) is 0.660. The molecule has 2 rings (SSSR count). The van der Waals surface area contributed by atoms with E-state index in [0.29, 0.717) is 5.69 Å². The van der Waals surface area contributed by atoms with Crippen LogP contribution in [0, 0.1) is 3.57 Å². The lowest BCUT2D eigenvalue weighted by Crippen LogP contribution is -2.35. The predicted octanol–water partition coefficient (Wildman–Crippen LogP) is 3.21. The molecule has 4 heteroatoms. The van der Waals surface area contributed by atoms with E-state index in [1.807, 2.05) is 18.2 Å². The molecule has 1 aliphatic rings. The minimum absolute atomic E-state index is 0.205. The summed E-state index contributed by atoms with van der Waals surface area (Å²) in [7, 11) is 0. The number of anilines is 1. The predicted molar refractivity (Wildman–Crippen MR) is 77.2 cm³/mol. The molecule has 0 bridgehead atoms. The third-order valence-electron chi connectivity index (χ3n) is 2.92. The summed E-state index contributed by atoms with van der Waals surface area (Å²) >= 11 is 2.24. The van der Waals surface area contributed by atoms with E-state index in [4.69, 9.17) is 15.2 Å². The van der Waals surface area contributed by atoms with Gasteiger partial charge in [-0.15, -0.1) is 0 Å². The molecule has 0 spiro atoms. The van der Waals surface area contributed by atoms with Crippen molar-refractivity contribution in [3.63, 3.8) is 0 Å². The van der Waals surface area contributed by atoms with Crippen molar-refractivity contribution < 1.29 is 9.47 Å². The van der Waals surface area contributed by atoms with Crippen molar-refractivity contribution in [2.24, 2.45) is 0 Å². The molecule has 3 nitrogen and oxygen atoms in total. The van der Waals surface area contributed by atoms with E-state index in [1.165, 1.54) is 0 Å². The summed E-state index contributed by atoms with van der Waals surface area (Å²) in [5.41, 5.74) is 6.66. The van der Waals surface area contributed by atoms with Crippen molar-refractivity contribution >= 4 is 28.3 Å². The number of benzene rings is 1. The molecule has 0 aliphatic carbocycles. The molecule has 1 fully saturated rings. The maximum Gasteiger partial charge on any atom is 0.142 e. The highest BCUT2D eigenvalue weighted by atomic mass is 127. The summed E-state index contributed by atoms with van der Waals surface area (Å²) in [6, 6.07) is 5.89. The van der Waals surface area contributed by atoms with Crippen molar-refractivity contribution in [2.45, 2.75) is 45.0 Å². The Morgan fingerprint density at radius 3 is 2.53 bits per heavy atom. The Morgan fingerprint density at radius 2 is 1.94 bits per heavy atom. The second-order valence-electron chi connectivity index (χ2n) is 4.65. The van der Waals surface area contributed by atoms with E-state index in [1.54, 1.807) is 0 Å². The van der Waals surface area contributed by atoms with Crippen molar-refractivity contribution in [3.05, 3.63) is 21.8 Å². The highest BCUT2D eigenvalue weighted by Crippen LogP contribution is 2.28. The zero-order valence-electron chi connectivity index (χ0n) is 10.2. The number of nitrogen functional groups attached to an aromatic ring is 1. The summed E-state index contributed by atoms with van der Waals surface area (Å²) in [5.74, 6) is 0.789. The first-order valence-corrected chi connectivity index (χ1v) is 6.99. The number of hydrogen-bond acceptors (Lipinski definition) is 3. The Kier molecular flexibility index (Phi) is 4.14. The van der Waals surface area contributed by atoms with Crippen LogP contribution in [0.15, 0.2) is 18.2 Å². The van der Waals surface area contributed by atoms with Gasteiger partial charge in [0.1, 0.15) is 11.9 Å². The Morgan fingerprint density at radius 1 is 1.29 bits per heavy atom. The molecule has 0 aromatic heterocycles. The Bertz CT molecular complexity index is 387.